The Balaban J connectivity index is 2.27. The summed E-state index contributed by atoms with van der Waals surface area (Å²) in [5, 5.41) is 63.2. The summed E-state index contributed by atoms with van der Waals surface area (Å²) < 4.78 is 11.3. The quantitative estimate of drug-likeness (QED) is 0.269. The summed E-state index contributed by atoms with van der Waals surface area (Å²) in [5.74, 6) is -9.56. The van der Waals surface area contributed by atoms with Crippen LogP contribution in [0.4, 0.5) is 5.82 Å². The van der Waals surface area contributed by atoms with Crippen LogP contribution >= 0.6 is 0 Å². The van der Waals surface area contributed by atoms with E-state index in [4.69, 9.17) is 15.2 Å². The fourth-order valence-electron chi connectivity index (χ4n) is 2.79. The molecule has 3 heterocycles. The highest BCUT2D eigenvalue weighted by Crippen LogP contribution is 2.51. The summed E-state index contributed by atoms with van der Waals surface area (Å²) in [6.07, 6.45) is -3.61. The number of nitrogens with zero attached hydrogens (tertiary/aromatic N) is 3. The third-order valence-electron chi connectivity index (χ3n) is 4.04. The molecule has 8 N–H and O–H groups in total. The van der Waals surface area contributed by atoms with Gasteiger partial charge in [-0.15, -0.1) is 0 Å². The first-order valence-electron chi connectivity index (χ1n) is 6.67. The van der Waals surface area contributed by atoms with Crippen molar-refractivity contribution < 1.29 is 40.1 Å². The van der Waals surface area contributed by atoms with E-state index < -0.39 is 29.8 Å². The first kappa shape index (κ1) is 16.9. The third-order valence-corrected chi connectivity index (χ3v) is 4.04. The first-order chi connectivity index (χ1) is 11.1. The van der Waals surface area contributed by atoms with E-state index in [0.717, 1.165) is 18.0 Å². The molecular weight excluding hydrogens is 328 g/mol. The van der Waals surface area contributed by atoms with Crippen molar-refractivity contribution in [3.8, 4) is 0 Å². The molecule has 3 rings (SSSR count). The zero-order chi connectivity index (χ0) is 17.9. The van der Waals surface area contributed by atoms with Gasteiger partial charge in [-0.1, -0.05) is 0 Å². The lowest BCUT2D eigenvalue weighted by Gasteiger charge is -2.37. The summed E-state index contributed by atoms with van der Waals surface area (Å²) in [4.78, 5) is 3.76. The van der Waals surface area contributed by atoms with E-state index in [1.807, 2.05) is 0 Å². The van der Waals surface area contributed by atoms with Crippen molar-refractivity contribution in [2.24, 2.45) is 0 Å². The third kappa shape index (κ3) is 1.84. The van der Waals surface area contributed by atoms with Gasteiger partial charge in [-0.25, -0.2) is 9.50 Å². The van der Waals surface area contributed by atoms with E-state index in [1.54, 1.807) is 0 Å². The summed E-state index contributed by atoms with van der Waals surface area (Å²) in [6.45, 7) is 0. The molecule has 0 bridgehead atoms. The van der Waals surface area contributed by atoms with Crippen molar-refractivity contribution >= 4 is 11.3 Å². The maximum atomic E-state index is 10.3. The highest BCUT2D eigenvalue weighted by molar-refractivity contribution is 5.65. The molecule has 0 aliphatic carbocycles. The lowest BCUT2D eigenvalue weighted by molar-refractivity contribution is -0.408. The topological polar surface area (TPSA) is 196 Å². The predicted octanol–water partition coefficient (Wildman–Crippen LogP) is -3.82. The largest absolute Gasteiger partial charge is 0.382 e. The zero-order valence-electron chi connectivity index (χ0n) is 12.3. The van der Waals surface area contributed by atoms with Crippen LogP contribution < -0.4 is 5.73 Å². The molecule has 1 aliphatic rings. The number of hydrogen-bond donors (Lipinski definition) is 7. The number of rotatable bonds is 3. The van der Waals surface area contributed by atoms with E-state index in [1.165, 1.54) is 12.1 Å². The van der Waals surface area contributed by atoms with Crippen LogP contribution in [-0.4, -0.2) is 76.3 Å². The minimum absolute atomic E-state index is 0.0555. The van der Waals surface area contributed by atoms with Gasteiger partial charge in [0.05, 0.1) is 0 Å². The van der Waals surface area contributed by atoms with Gasteiger partial charge in [0.15, 0.2) is 18.2 Å². The van der Waals surface area contributed by atoms with Crippen LogP contribution in [0, 0.1) is 0 Å². The second-order valence-corrected chi connectivity index (χ2v) is 5.33. The first-order valence-corrected chi connectivity index (χ1v) is 6.67. The number of ether oxygens (including phenoxy) is 2. The molecule has 2 aromatic heterocycles. The Morgan fingerprint density at radius 2 is 1.96 bits per heavy atom. The van der Waals surface area contributed by atoms with Gasteiger partial charge in [0.1, 0.15) is 17.5 Å². The van der Waals surface area contributed by atoms with E-state index in [-0.39, 0.29) is 17.0 Å². The van der Waals surface area contributed by atoms with Crippen LogP contribution in [-0.2, 0) is 15.3 Å². The van der Waals surface area contributed by atoms with Gasteiger partial charge in [0.2, 0.25) is 0 Å². The van der Waals surface area contributed by atoms with Crippen molar-refractivity contribution in [2.75, 3.05) is 12.8 Å². The van der Waals surface area contributed by atoms with Crippen LogP contribution in [0.3, 0.4) is 0 Å². The van der Waals surface area contributed by atoms with E-state index in [9.17, 15) is 30.6 Å². The molecule has 1 unspecified atom stereocenters. The van der Waals surface area contributed by atoms with Crippen molar-refractivity contribution in [3.63, 3.8) is 0 Å². The minimum atomic E-state index is -3.50. The maximum absolute atomic E-state index is 10.3. The van der Waals surface area contributed by atoms with E-state index in [0.29, 0.717) is 0 Å². The van der Waals surface area contributed by atoms with Gasteiger partial charge in [0, 0.05) is 7.11 Å². The number of aliphatic hydroxyl groups excluding tert-OH is 1. The second kappa shape index (κ2) is 5.05. The molecule has 12 heteroatoms. The van der Waals surface area contributed by atoms with Gasteiger partial charge in [-0.2, -0.15) is 5.10 Å². The molecule has 0 spiro atoms. The van der Waals surface area contributed by atoms with Crippen LogP contribution in [0.15, 0.2) is 18.5 Å². The fourth-order valence-corrected chi connectivity index (χ4v) is 2.79. The number of fused-ring (bicyclic) bond motifs is 1. The fraction of sp³-hybridized carbons (Fsp3) is 0.500. The summed E-state index contributed by atoms with van der Waals surface area (Å²) in [6, 6.07) is 2.68. The number of hydrogen-bond acceptors (Lipinski definition) is 11. The smallest absolute Gasteiger partial charge is 0.284 e. The van der Waals surface area contributed by atoms with Crippen LogP contribution in [0.5, 0.6) is 0 Å². The molecule has 1 saturated heterocycles. The average Bonchev–Trinajstić information content (AvgIpc) is 2.99. The Bertz CT molecular complexity index is 776. The molecule has 0 saturated carbocycles. The van der Waals surface area contributed by atoms with Gasteiger partial charge in [0.25, 0.3) is 17.4 Å². The Labute approximate surface area is 133 Å². The second-order valence-electron chi connectivity index (χ2n) is 5.33. The van der Waals surface area contributed by atoms with E-state index >= 15 is 0 Å². The molecule has 12 nitrogen and oxygen atoms in total. The SMILES string of the molecule is COC1(c2ccc3c(N)ncnn23)O[C@H](C(O)O)C(O)(O)C1(O)O. The number of anilines is 1. The Kier molecular flexibility index (Phi) is 3.56. The maximum Gasteiger partial charge on any atom is 0.284 e. The molecule has 2 aromatic rings. The molecule has 24 heavy (non-hydrogen) atoms. The Morgan fingerprint density at radius 3 is 2.50 bits per heavy atom. The lowest BCUT2D eigenvalue weighted by atomic mass is 9.94. The number of methoxy groups -OCH3 is 1. The number of nitrogens with two attached hydrogens (primary N) is 1. The normalized spacial score (nSPS) is 28.8. The van der Waals surface area contributed by atoms with Crippen molar-refractivity contribution in [2.45, 2.75) is 29.8 Å². The van der Waals surface area contributed by atoms with Gasteiger partial charge in [-0.05, 0) is 12.1 Å². The summed E-state index contributed by atoms with van der Waals surface area (Å²) in [7, 11) is 0.993. The molecule has 1 fully saturated rings. The van der Waals surface area contributed by atoms with Crippen LogP contribution in [0.25, 0.3) is 5.52 Å². The van der Waals surface area contributed by atoms with Crippen molar-refractivity contribution in [3.05, 3.63) is 24.2 Å². The summed E-state index contributed by atoms with van der Waals surface area (Å²) >= 11 is 0. The molecule has 1 aliphatic heterocycles. The molecule has 2 atom stereocenters. The minimum Gasteiger partial charge on any atom is -0.382 e. The number of nitrogen functional groups attached to an aromatic ring is 1. The number of aliphatic hydroxyl groups is 6. The Hall–Kier alpha value is -1.90. The highest BCUT2D eigenvalue weighted by atomic mass is 16.8. The van der Waals surface area contributed by atoms with Crippen molar-refractivity contribution in [1.82, 2.24) is 14.6 Å². The Morgan fingerprint density at radius 1 is 1.29 bits per heavy atom. The van der Waals surface area contributed by atoms with E-state index in [2.05, 4.69) is 10.1 Å². The van der Waals surface area contributed by atoms with Gasteiger partial charge < -0.3 is 45.8 Å². The standard InChI is InChI=1S/C12H16N4O8/c1-23-11(6-3-2-5-8(13)14-4-15-16(5)6)12(21,22)10(19,20)7(24-11)9(17)18/h2-4,7,9,17-22H,1H3,(H2,13,14,15)/t7-,11?/m1/s1. The molecule has 0 aromatic carbocycles. The summed E-state index contributed by atoms with van der Waals surface area (Å²) in [5.41, 5.74) is 5.74. The molecule has 0 radical (unpaired) electrons. The predicted molar refractivity (Wildman–Crippen MR) is 73.5 cm³/mol. The van der Waals surface area contributed by atoms with Gasteiger partial charge in [-0.3, -0.25) is 0 Å². The lowest BCUT2D eigenvalue weighted by Crippen LogP contribution is -2.64. The van der Waals surface area contributed by atoms with Crippen molar-refractivity contribution in [1.29, 1.82) is 0 Å². The van der Waals surface area contributed by atoms with Crippen LogP contribution in [0.2, 0.25) is 0 Å². The average molecular weight is 344 g/mol. The van der Waals surface area contributed by atoms with Crippen LogP contribution in [0.1, 0.15) is 5.69 Å². The molecule has 0 amide bonds. The van der Waals surface area contributed by atoms with Gasteiger partial charge >= 0.3 is 0 Å². The zero-order valence-corrected chi connectivity index (χ0v) is 12.3. The molecular formula is C12H16N4O8. The number of aromatic nitrogens is 3. The highest BCUT2D eigenvalue weighted by Gasteiger charge is 2.77. The molecule has 132 valence electrons. The monoisotopic (exact) mass is 344 g/mol.